The molecule has 0 fully saturated rings. The largest absolute Gasteiger partial charge is 0.0955 e. The van der Waals surface area contributed by atoms with Crippen LogP contribution in [-0.4, -0.2) is 0 Å². The minimum atomic E-state index is 0.591. The maximum absolute atomic E-state index is 4.05. The van der Waals surface area contributed by atoms with E-state index in [0.29, 0.717) is 5.92 Å². The van der Waals surface area contributed by atoms with Gasteiger partial charge in [0, 0.05) is 0 Å². The van der Waals surface area contributed by atoms with E-state index in [-0.39, 0.29) is 0 Å². The average molecular weight is 188 g/mol. The highest BCUT2D eigenvalue weighted by atomic mass is 14.1. The van der Waals surface area contributed by atoms with E-state index in [4.69, 9.17) is 0 Å². The average Bonchev–Trinajstić information content (AvgIpc) is 2.02. The molecule has 0 heterocycles. The molecule has 0 unspecified atom stereocenters. The first-order valence-electron chi connectivity index (χ1n) is 5.21. The predicted octanol–water partition coefficient (Wildman–Crippen LogP) is 4.46. The van der Waals surface area contributed by atoms with E-state index in [1.807, 2.05) is 0 Å². The van der Waals surface area contributed by atoms with Crippen molar-refractivity contribution in [3.05, 3.63) is 41.0 Å². The van der Waals surface area contributed by atoms with Gasteiger partial charge in [-0.3, -0.25) is 0 Å². The van der Waals surface area contributed by atoms with E-state index in [2.05, 4.69) is 53.3 Å². The van der Waals surface area contributed by atoms with Crippen molar-refractivity contribution in [3.8, 4) is 0 Å². The number of rotatable bonds is 2. The predicted molar refractivity (Wildman–Crippen MR) is 64.7 cm³/mol. The molecule has 0 aromatic heterocycles. The molecule has 1 aromatic carbocycles. The van der Waals surface area contributed by atoms with Gasteiger partial charge in [0.05, 0.1) is 0 Å². The minimum Gasteiger partial charge on any atom is -0.0955 e. The SMILES string of the molecule is C=C(C)c1c(C)ccc(C(C)C)c1C. The van der Waals surface area contributed by atoms with Crippen molar-refractivity contribution in [2.75, 3.05) is 0 Å². The van der Waals surface area contributed by atoms with Crippen LogP contribution in [0.25, 0.3) is 5.57 Å². The summed E-state index contributed by atoms with van der Waals surface area (Å²) < 4.78 is 0. The second kappa shape index (κ2) is 4.00. The third-order valence-corrected chi connectivity index (χ3v) is 2.76. The zero-order valence-corrected chi connectivity index (χ0v) is 9.94. The van der Waals surface area contributed by atoms with Crippen LogP contribution in [0, 0.1) is 13.8 Å². The Hall–Kier alpha value is -1.04. The molecular weight excluding hydrogens is 168 g/mol. The molecule has 0 radical (unpaired) electrons. The summed E-state index contributed by atoms with van der Waals surface area (Å²) in [4.78, 5) is 0. The van der Waals surface area contributed by atoms with Gasteiger partial charge in [0.25, 0.3) is 0 Å². The molecule has 0 heteroatoms. The summed E-state index contributed by atoms with van der Waals surface area (Å²) in [6.07, 6.45) is 0. The van der Waals surface area contributed by atoms with Crippen molar-refractivity contribution in [2.45, 2.75) is 40.5 Å². The van der Waals surface area contributed by atoms with Crippen molar-refractivity contribution in [3.63, 3.8) is 0 Å². The number of hydrogen-bond acceptors (Lipinski definition) is 0. The monoisotopic (exact) mass is 188 g/mol. The molecule has 0 aliphatic rings. The lowest BCUT2D eigenvalue weighted by Gasteiger charge is -2.16. The summed E-state index contributed by atoms with van der Waals surface area (Å²) in [5.74, 6) is 0.591. The Bertz CT molecular complexity index is 357. The van der Waals surface area contributed by atoms with Crippen LogP contribution in [0.1, 0.15) is 48.9 Å². The number of allylic oxidation sites excluding steroid dienone is 1. The molecule has 0 spiro atoms. The van der Waals surface area contributed by atoms with Gasteiger partial charge in [0.2, 0.25) is 0 Å². The number of hydrogen-bond donors (Lipinski definition) is 0. The van der Waals surface area contributed by atoms with Crippen LogP contribution in [0.5, 0.6) is 0 Å². The van der Waals surface area contributed by atoms with Crippen LogP contribution in [-0.2, 0) is 0 Å². The molecule has 1 aromatic rings. The quantitative estimate of drug-likeness (QED) is 0.642. The Morgan fingerprint density at radius 2 is 1.79 bits per heavy atom. The Kier molecular flexibility index (Phi) is 3.15. The molecule has 0 N–H and O–H groups in total. The fourth-order valence-electron chi connectivity index (χ4n) is 2.15. The van der Waals surface area contributed by atoms with Crippen LogP contribution in [0.4, 0.5) is 0 Å². The fourth-order valence-corrected chi connectivity index (χ4v) is 2.15. The highest BCUT2D eigenvalue weighted by molar-refractivity contribution is 5.68. The van der Waals surface area contributed by atoms with Crippen molar-refractivity contribution in [2.24, 2.45) is 0 Å². The first-order chi connectivity index (χ1) is 6.45. The molecule has 0 amide bonds. The molecule has 76 valence electrons. The minimum absolute atomic E-state index is 0.591. The standard InChI is InChI=1S/C14H20/c1-9(2)13-8-7-11(5)14(10(3)4)12(13)6/h7-9H,3H2,1-2,4-6H3. The van der Waals surface area contributed by atoms with Crippen LogP contribution < -0.4 is 0 Å². The number of benzene rings is 1. The van der Waals surface area contributed by atoms with Crippen LogP contribution in [0.2, 0.25) is 0 Å². The molecule has 0 bridgehead atoms. The van der Waals surface area contributed by atoms with Gasteiger partial charge in [-0.05, 0) is 48.9 Å². The van der Waals surface area contributed by atoms with Gasteiger partial charge in [-0.15, -0.1) is 0 Å². The topological polar surface area (TPSA) is 0 Å². The lowest BCUT2D eigenvalue weighted by atomic mass is 9.89. The van der Waals surface area contributed by atoms with E-state index >= 15 is 0 Å². The van der Waals surface area contributed by atoms with E-state index < -0.39 is 0 Å². The lowest BCUT2D eigenvalue weighted by Crippen LogP contribution is -1.98. The summed E-state index contributed by atoms with van der Waals surface area (Å²) in [6, 6.07) is 4.44. The Morgan fingerprint density at radius 1 is 1.21 bits per heavy atom. The van der Waals surface area contributed by atoms with Gasteiger partial charge in [0.15, 0.2) is 0 Å². The van der Waals surface area contributed by atoms with Crippen LogP contribution in [0.15, 0.2) is 18.7 Å². The highest BCUT2D eigenvalue weighted by Crippen LogP contribution is 2.28. The Labute approximate surface area is 87.7 Å². The third kappa shape index (κ3) is 1.89. The second-order valence-electron chi connectivity index (χ2n) is 4.41. The lowest BCUT2D eigenvalue weighted by molar-refractivity contribution is 0.854. The van der Waals surface area contributed by atoms with Gasteiger partial charge in [-0.25, -0.2) is 0 Å². The Balaban J connectivity index is 3.41. The van der Waals surface area contributed by atoms with E-state index in [9.17, 15) is 0 Å². The van der Waals surface area contributed by atoms with Gasteiger partial charge < -0.3 is 0 Å². The van der Waals surface area contributed by atoms with Gasteiger partial charge >= 0.3 is 0 Å². The molecule has 0 aliphatic heterocycles. The summed E-state index contributed by atoms with van der Waals surface area (Å²) in [5.41, 5.74) is 6.68. The molecule has 0 nitrogen and oxygen atoms in total. The third-order valence-electron chi connectivity index (χ3n) is 2.76. The maximum atomic E-state index is 4.05. The summed E-state index contributed by atoms with van der Waals surface area (Å²) in [7, 11) is 0. The van der Waals surface area contributed by atoms with Crippen LogP contribution >= 0.6 is 0 Å². The molecular formula is C14H20. The maximum Gasteiger partial charge on any atom is -0.0172 e. The van der Waals surface area contributed by atoms with Gasteiger partial charge in [-0.1, -0.05) is 38.1 Å². The van der Waals surface area contributed by atoms with E-state index in [0.717, 1.165) is 0 Å². The van der Waals surface area contributed by atoms with Crippen molar-refractivity contribution in [1.29, 1.82) is 0 Å². The van der Waals surface area contributed by atoms with Gasteiger partial charge in [-0.2, -0.15) is 0 Å². The van der Waals surface area contributed by atoms with Crippen molar-refractivity contribution in [1.82, 2.24) is 0 Å². The smallest absolute Gasteiger partial charge is 0.0172 e. The highest BCUT2D eigenvalue weighted by Gasteiger charge is 2.09. The summed E-state index contributed by atoms with van der Waals surface area (Å²) >= 11 is 0. The van der Waals surface area contributed by atoms with E-state index in [1.165, 1.54) is 27.8 Å². The molecule has 1 rings (SSSR count). The number of aryl methyl sites for hydroxylation is 1. The Morgan fingerprint density at radius 3 is 2.21 bits per heavy atom. The second-order valence-corrected chi connectivity index (χ2v) is 4.41. The first kappa shape index (κ1) is 11.0. The normalized spacial score (nSPS) is 10.7. The molecule has 0 saturated heterocycles. The zero-order chi connectivity index (χ0) is 10.9. The van der Waals surface area contributed by atoms with Gasteiger partial charge in [0.1, 0.15) is 0 Å². The molecule has 0 atom stereocenters. The molecule has 14 heavy (non-hydrogen) atoms. The first-order valence-corrected chi connectivity index (χ1v) is 5.21. The van der Waals surface area contributed by atoms with Crippen molar-refractivity contribution < 1.29 is 0 Å². The molecule has 0 saturated carbocycles. The van der Waals surface area contributed by atoms with Crippen molar-refractivity contribution >= 4 is 5.57 Å². The fraction of sp³-hybridized carbons (Fsp3) is 0.429. The zero-order valence-electron chi connectivity index (χ0n) is 9.94. The molecule has 0 aliphatic carbocycles. The van der Waals surface area contributed by atoms with Crippen LogP contribution in [0.3, 0.4) is 0 Å². The summed E-state index contributed by atoms with van der Waals surface area (Å²) in [6.45, 7) is 15.0. The summed E-state index contributed by atoms with van der Waals surface area (Å²) in [5, 5.41) is 0. The van der Waals surface area contributed by atoms with E-state index in [1.54, 1.807) is 0 Å².